The number of anilines is 1. The summed E-state index contributed by atoms with van der Waals surface area (Å²) < 4.78 is 1.88. The SMILES string of the molecule is C=CC(=O)N1CCC(n2nc(-c3ccccc3)c3c(N)ncnc32)C1. The maximum absolute atomic E-state index is 11.9. The summed E-state index contributed by atoms with van der Waals surface area (Å²) in [5.74, 6) is 0.350. The van der Waals surface area contributed by atoms with Gasteiger partial charge in [0.2, 0.25) is 5.91 Å². The van der Waals surface area contributed by atoms with Crippen molar-refractivity contribution in [2.45, 2.75) is 12.5 Å². The predicted octanol–water partition coefficient (Wildman–Crippen LogP) is 2.03. The van der Waals surface area contributed by atoms with Crippen LogP contribution in [0.5, 0.6) is 0 Å². The van der Waals surface area contributed by atoms with E-state index in [-0.39, 0.29) is 11.9 Å². The lowest BCUT2D eigenvalue weighted by atomic mass is 10.1. The molecule has 1 saturated heterocycles. The monoisotopic (exact) mass is 334 g/mol. The van der Waals surface area contributed by atoms with Gasteiger partial charge in [-0.2, -0.15) is 5.10 Å². The summed E-state index contributed by atoms with van der Waals surface area (Å²) in [7, 11) is 0. The summed E-state index contributed by atoms with van der Waals surface area (Å²) in [6, 6.07) is 9.90. The van der Waals surface area contributed by atoms with Crippen molar-refractivity contribution in [3.05, 3.63) is 49.3 Å². The normalized spacial score (nSPS) is 17.1. The third-order valence-corrected chi connectivity index (χ3v) is 4.56. The van der Waals surface area contributed by atoms with Crippen molar-refractivity contribution >= 4 is 22.8 Å². The van der Waals surface area contributed by atoms with E-state index in [4.69, 9.17) is 10.8 Å². The van der Waals surface area contributed by atoms with Gasteiger partial charge in [-0.1, -0.05) is 36.9 Å². The molecule has 7 nitrogen and oxygen atoms in total. The Morgan fingerprint density at radius 3 is 2.84 bits per heavy atom. The predicted molar refractivity (Wildman–Crippen MR) is 95.6 cm³/mol. The van der Waals surface area contributed by atoms with Crippen molar-refractivity contribution in [3.8, 4) is 11.3 Å². The summed E-state index contributed by atoms with van der Waals surface area (Å²) in [6.45, 7) is 4.82. The Hall–Kier alpha value is -3.22. The number of hydrogen-bond acceptors (Lipinski definition) is 5. The molecule has 7 heteroatoms. The van der Waals surface area contributed by atoms with Gasteiger partial charge in [0.05, 0.1) is 11.4 Å². The van der Waals surface area contributed by atoms with Crippen LogP contribution in [0, 0.1) is 0 Å². The molecule has 0 spiro atoms. The molecule has 2 N–H and O–H groups in total. The Morgan fingerprint density at radius 1 is 1.28 bits per heavy atom. The lowest BCUT2D eigenvalue weighted by Gasteiger charge is -2.14. The van der Waals surface area contributed by atoms with Crippen LogP contribution in [0.2, 0.25) is 0 Å². The van der Waals surface area contributed by atoms with Gasteiger partial charge in [0.1, 0.15) is 17.8 Å². The Labute approximate surface area is 144 Å². The molecule has 1 aliphatic rings. The number of nitrogens with two attached hydrogens (primary N) is 1. The Kier molecular flexibility index (Phi) is 3.68. The maximum Gasteiger partial charge on any atom is 0.246 e. The summed E-state index contributed by atoms with van der Waals surface area (Å²) >= 11 is 0. The van der Waals surface area contributed by atoms with Crippen molar-refractivity contribution in [1.29, 1.82) is 0 Å². The van der Waals surface area contributed by atoms with Crippen LogP contribution < -0.4 is 5.73 Å². The number of nitrogen functional groups attached to an aromatic ring is 1. The lowest BCUT2D eigenvalue weighted by Crippen LogP contribution is -2.27. The number of amides is 1. The third kappa shape index (κ3) is 2.53. The summed E-state index contributed by atoms with van der Waals surface area (Å²) in [5, 5.41) is 5.54. The minimum Gasteiger partial charge on any atom is -0.383 e. The second-order valence-electron chi connectivity index (χ2n) is 6.05. The van der Waals surface area contributed by atoms with Crippen molar-refractivity contribution < 1.29 is 4.79 Å². The number of likely N-dealkylation sites (tertiary alicyclic amines) is 1. The zero-order chi connectivity index (χ0) is 17.4. The zero-order valence-corrected chi connectivity index (χ0v) is 13.7. The van der Waals surface area contributed by atoms with Gasteiger partial charge in [-0.15, -0.1) is 0 Å². The van der Waals surface area contributed by atoms with Gasteiger partial charge in [-0.3, -0.25) is 4.79 Å². The fourth-order valence-electron chi connectivity index (χ4n) is 3.32. The second kappa shape index (κ2) is 6.01. The van der Waals surface area contributed by atoms with E-state index in [1.165, 1.54) is 12.4 Å². The standard InChI is InChI=1S/C18H18N6O/c1-2-14(25)23-9-8-13(10-23)24-18-15(17(19)20-11-21-18)16(22-24)12-6-4-3-5-7-12/h2-7,11,13H,1,8-10H2,(H2,19,20,21). The van der Waals surface area contributed by atoms with Crippen molar-refractivity contribution in [3.63, 3.8) is 0 Å². The molecular formula is C18H18N6O. The number of hydrogen-bond donors (Lipinski definition) is 1. The van der Waals surface area contributed by atoms with Crippen molar-refractivity contribution in [2.75, 3.05) is 18.8 Å². The number of fused-ring (bicyclic) bond motifs is 1. The molecule has 1 aliphatic heterocycles. The van der Waals surface area contributed by atoms with Crippen molar-refractivity contribution in [2.24, 2.45) is 0 Å². The molecule has 1 unspecified atom stereocenters. The molecule has 1 fully saturated rings. The van der Waals surface area contributed by atoms with Gasteiger partial charge in [0.15, 0.2) is 5.65 Å². The molecule has 1 amide bonds. The van der Waals surface area contributed by atoms with E-state index < -0.39 is 0 Å². The summed E-state index contributed by atoms with van der Waals surface area (Å²) in [5.41, 5.74) is 8.55. The minimum atomic E-state index is -0.0589. The smallest absolute Gasteiger partial charge is 0.246 e. The van der Waals surface area contributed by atoms with Crippen LogP contribution in [-0.2, 0) is 4.79 Å². The molecule has 3 heterocycles. The van der Waals surface area contributed by atoms with Crippen LogP contribution >= 0.6 is 0 Å². The minimum absolute atomic E-state index is 0.0539. The van der Waals surface area contributed by atoms with Gasteiger partial charge < -0.3 is 10.6 Å². The molecular weight excluding hydrogens is 316 g/mol. The zero-order valence-electron chi connectivity index (χ0n) is 13.7. The van der Waals surface area contributed by atoms with Crippen LogP contribution in [0.15, 0.2) is 49.3 Å². The number of carbonyl (C=O) groups is 1. The molecule has 2 aromatic heterocycles. The Balaban J connectivity index is 1.82. The second-order valence-corrected chi connectivity index (χ2v) is 6.05. The van der Waals surface area contributed by atoms with E-state index >= 15 is 0 Å². The average molecular weight is 334 g/mol. The van der Waals surface area contributed by atoms with Crippen LogP contribution in [0.3, 0.4) is 0 Å². The van der Waals surface area contributed by atoms with Gasteiger partial charge in [-0.05, 0) is 12.5 Å². The molecule has 126 valence electrons. The maximum atomic E-state index is 11.9. The fraction of sp³-hybridized carbons (Fsp3) is 0.222. The highest BCUT2D eigenvalue weighted by atomic mass is 16.2. The largest absolute Gasteiger partial charge is 0.383 e. The Morgan fingerprint density at radius 2 is 2.08 bits per heavy atom. The number of rotatable bonds is 3. The molecule has 3 aromatic rings. The van der Waals surface area contributed by atoms with E-state index in [0.29, 0.717) is 24.6 Å². The van der Waals surface area contributed by atoms with Crippen LogP contribution in [0.25, 0.3) is 22.3 Å². The van der Waals surface area contributed by atoms with E-state index in [2.05, 4.69) is 16.5 Å². The van der Waals surface area contributed by atoms with E-state index in [1.807, 2.05) is 35.0 Å². The molecule has 1 aromatic carbocycles. The Bertz CT molecular complexity index is 949. The third-order valence-electron chi connectivity index (χ3n) is 4.56. The highest BCUT2D eigenvalue weighted by Gasteiger charge is 2.29. The first kappa shape index (κ1) is 15.3. The number of benzene rings is 1. The molecule has 25 heavy (non-hydrogen) atoms. The highest BCUT2D eigenvalue weighted by molar-refractivity contribution is 5.98. The van der Waals surface area contributed by atoms with Gasteiger partial charge in [0, 0.05) is 18.7 Å². The molecule has 0 aliphatic carbocycles. The summed E-state index contributed by atoms with van der Waals surface area (Å²) in [4.78, 5) is 22.2. The fourth-order valence-corrected chi connectivity index (χ4v) is 3.32. The topological polar surface area (TPSA) is 89.9 Å². The molecule has 0 saturated carbocycles. The first-order chi connectivity index (χ1) is 12.2. The van der Waals surface area contributed by atoms with Crippen LogP contribution in [-0.4, -0.2) is 43.6 Å². The molecule has 0 radical (unpaired) electrons. The highest BCUT2D eigenvalue weighted by Crippen LogP contribution is 2.33. The van der Waals surface area contributed by atoms with E-state index in [0.717, 1.165) is 23.1 Å². The number of nitrogens with zero attached hydrogens (tertiary/aromatic N) is 5. The van der Waals surface area contributed by atoms with Crippen LogP contribution in [0.1, 0.15) is 12.5 Å². The number of carbonyl (C=O) groups excluding carboxylic acids is 1. The first-order valence-electron chi connectivity index (χ1n) is 8.14. The lowest BCUT2D eigenvalue weighted by molar-refractivity contribution is -0.125. The number of aromatic nitrogens is 4. The van der Waals surface area contributed by atoms with Gasteiger partial charge in [-0.25, -0.2) is 14.6 Å². The van der Waals surface area contributed by atoms with E-state index in [1.54, 1.807) is 4.90 Å². The molecule has 0 bridgehead atoms. The van der Waals surface area contributed by atoms with Gasteiger partial charge in [0.25, 0.3) is 0 Å². The molecule has 4 rings (SSSR count). The average Bonchev–Trinajstić information content (AvgIpc) is 3.27. The van der Waals surface area contributed by atoms with E-state index in [9.17, 15) is 4.79 Å². The first-order valence-corrected chi connectivity index (χ1v) is 8.14. The van der Waals surface area contributed by atoms with Gasteiger partial charge >= 0.3 is 0 Å². The molecule has 1 atom stereocenters. The quantitative estimate of drug-likeness (QED) is 0.740. The van der Waals surface area contributed by atoms with Crippen molar-refractivity contribution in [1.82, 2.24) is 24.6 Å². The summed E-state index contributed by atoms with van der Waals surface area (Å²) in [6.07, 6.45) is 3.61. The van der Waals surface area contributed by atoms with Crippen LogP contribution in [0.4, 0.5) is 5.82 Å².